The Bertz CT molecular complexity index is 1860. The molecule has 0 aliphatic heterocycles. The molecule has 0 heterocycles. The summed E-state index contributed by atoms with van der Waals surface area (Å²) in [5.74, 6) is 0.0199. The van der Waals surface area contributed by atoms with Crippen LogP contribution >= 0.6 is 15.6 Å². The summed E-state index contributed by atoms with van der Waals surface area (Å²) < 4.78 is 68.2. The van der Waals surface area contributed by atoms with Crippen molar-refractivity contribution in [3.63, 3.8) is 0 Å². The highest BCUT2D eigenvalue weighted by Crippen LogP contribution is 2.45. The second-order valence-corrected chi connectivity index (χ2v) is 29.0. The lowest BCUT2D eigenvalue weighted by atomic mass is 10.00. The summed E-state index contributed by atoms with van der Waals surface area (Å²) in [6.45, 7) is 11.7. The number of hydrogen-bond acceptors (Lipinski definition) is 15. The first kappa shape index (κ1) is 87.5. The maximum absolute atomic E-state index is 13.0. The molecule has 530 valence electrons. The second kappa shape index (κ2) is 61.4. The number of phosphoric ester groups is 2. The fourth-order valence-electron chi connectivity index (χ4n) is 10.1. The number of unbranched alkanes of at least 4 members (excludes halogenated alkanes) is 31. The molecular formula is C71H134O17P2. The molecule has 0 aliphatic carbocycles. The summed E-state index contributed by atoms with van der Waals surface area (Å²) in [5.41, 5.74) is 0. The van der Waals surface area contributed by atoms with Crippen LogP contribution < -0.4 is 0 Å². The zero-order chi connectivity index (χ0) is 66.6. The number of hydrogen-bond donors (Lipinski definition) is 3. The lowest BCUT2D eigenvalue weighted by Crippen LogP contribution is -2.30. The van der Waals surface area contributed by atoms with E-state index in [0.29, 0.717) is 31.6 Å². The molecule has 0 aromatic rings. The smallest absolute Gasteiger partial charge is 0.462 e. The van der Waals surface area contributed by atoms with Crippen molar-refractivity contribution in [2.75, 3.05) is 39.6 Å². The summed E-state index contributed by atoms with van der Waals surface area (Å²) in [6, 6.07) is 0. The molecule has 0 rings (SSSR count). The predicted octanol–water partition coefficient (Wildman–Crippen LogP) is 19.8. The Labute approximate surface area is 548 Å². The van der Waals surface area contributed by atoms with Gasteiger partial charge in [0.25, 0.3) is 0 Å². The van der Waals surface area contributed by atoms with Gasteiger partial charge >= 0.3 is 39.5 Å². The minimum absolute atomic E-state index is 0.0986. The van der Waals surface area contributed by atoms with Crippen molar-refractivity contribution >= 4 is 39.5 Å². The number of carbonyl (C=O) groups excluding carboxylic acids is 4. The van der Waals surface area contributed by atoms with Gasteiger partial charge in [-0.1, -0.05) is 278 Å². The molecule has 0 saturated carbocycles. The van der Waals surface area contributed by atoms with Gasteiger partial charge in [-0.3, -0.25) is 37.3 Å². The van der Waals surface area contributed by atoms with Gasteiger partial charge in [0.05, 0.1) is 26.4 Å². The van der Waals surface area contributed by atoms with E-state index >= 15 is 0 Å². The molecule has 3 unspecified atom stereocenters. The van der Waals surface area contributed by atoms with Gasteiger partial charge in [-0.05, 0) is 69.1 Å². The van der Waals surface area contributed by atoms with Gasteiger partial charge in [0.15, 0.2) is 12.2 Å². The fraction of sp³-hybridized carbons (Fsp3) is 0.887. The van der Waals surface area contributed by atoms with E-state index < -0.39 is 97.5 Å². The third-order valence-corrected chi connectivity index (χ3v) is 18.0. The molecular weight excluding hydrogens is 1190 g/mol. The van der Waals surface area contributed by atoms with Gasteiger partial charge < -0.3 is 33.8 Å². The number of aliphatic hydroxyl groups is 1. The normalized spacial score (nSPS) is 14.7. The number of allylic oxidation sites excluding steroid dienone is 4. The highest BCUT2D eigenvalue weighted by atomic mass is 31.2. The molecule has 0 aromatic carbocycles. The molecule has 0 radical (unpaired) electrons. The highest BCUT2D eigenvalue weighted by molar-refractivity contribution is 7.47. The van der Waals surface area contributed by atoms with Crippen LogP contribution in [0.15, 0.2) is 24.3 Å². The summed E-state index contributed by atoms with van der Waals surface area (Å²) in [4.78, 5) is 72.5. The van der Waals surface area contributed by atoms with Crippen molar-refractivity contribution in [3.05, 3.63) is 24.3 Å². The molecule has 0 aromatic heterocycles. The number of ether oxygens (including phenoxy) is 4. The SMILES string of the molecule is CCCCCC/C=C\C=C/CCCCCCCC(=O)OC[C@H](COP(=O)(O)OC[C@@H](O)COP(=O)(O)OC[C@@H](COC(=O)CCCCCCCCC(C)CC)OC(=O)CCCCCCCCC(C)C)OC(=O)CCCCCCCCCCCCCCCC(C)C. The average molecular weight is 1320 g/mol. The Kier molecular flexibility index (Phi) is 59.7. The number of aliphatic hydroxyl groups excluding tert-OH is 1. The van der Waals surface area contributed by atoms with Gasteiger partial charge in [-0.15, -0.1) is 0 Å². The Morgan fingerprint density at radius 3 is 0.989 bits per heavy atom. The minimum Gasteiger partial charge on any atom is -0.462 e. The van der Waals surface area contributed by atoms with Crippen molar-refractivity contribution in [1.82, 2.24) is 0 Å². The second-order valence-electron chi connectivity index (χ2n) is 26.1. The molecule has 6 atom stereocenters. The number of rotatable bonds is 67. The van der Waals surface area contributed by atoms with Gasteiger partial charge in [-0.25, -0.2) is 9.13 Å². The van der Waals surface area contributed by atoms with Crippen LogP contribution in [0.5, 0.6) is 0 Å². The lowest BCUT2D eigenvalue weighted by Gasteiger charge is -2.21. The predicted molar refractivity (Wildman–Crippen MR) is 363 cm³/mol. The van der Waals surface area contributed by atoms with Crippen LogP contribution in [0.1, 0.15) is 331 Å². The standard InChI is InChI=1S/C71H134O17P2/c1-8-10-11-12-13-14-15-16-17-20-23-26-29-38-45-52-68(73)81-58-66(87-70(75)54-47-40-30-27-24-21-18-19-22-25-28-35-42-49-62(3)4)60-85-89(77,78)83-56-65(72)57-84-90(79,80)86-61-67(88-71(76)55-48-41-33-31-36-43-50-63(5)6)59-82-69(74)53-46-39-34-32-37-44-51-64(7)9-2/h14-17,62-67,72H,8-13,18-61H2,1-7H3,(H,77,78)(H,79,80)/b15-14-,17-16-/t64?,65-,66-,67-/m1/s1. The van der Waals surface area contributed by atoms with E-state index in [-0.39, 0.29) is 25.7 Å². The minimum atomic E-state index is -4.96. The monoisotopic (exact) mass is 1320 g/mol. The Morgan fingerprint density at radius 2 is 0.656 bits per heavy atom. The first-order valence-electron chi connectivity index (χ1n) is 36.2. The van der Waals surface area contributed by atoms with E-state index in [2.05, 4.69) is 72.8 Å². The molecule has 90 heavy (non-hydrogen) atoms. The molecule has 17 nitrogen and oxygen atoms in total. The summed E-state index contributed by atoms with van der Waals surface area (Å²) in [6.07, 6.45) is 48.2. The van der Waals surface area contributed by atoms with Crippen molar-refractivity contribution in [2.24, 2.45) is 17.8 Å². The van der Waals surface area contributed by atoms with Gasteiger partial charge in [0, 0.05) is 25.7 Å². The topological polar surface area (TPSA) is 237 Å². The van der Waals surface area contributed by atoms with Crippen LogP contribution in [0.3, 0.4) is 0 Å². The van der Waals surface area contributed by atoms with E-state index in [1.165, 1.54) is 116 Å². The summed E-state index contributed by atoms with van der Waals surface area (Å²) >= 11 is 0. The third kappa shape index (κ3) is 63.0. The summed E-state index contributed by atoms with van der Waals surface area (Å²) in [5, 5.41) is 10.6. The largest absolute Gasteiger partial charge is 0.472 e. The molecule has 0 fully saturated rings. The van der Waals surface area contributed by atoms with Crippen molar-refractivity contribution in [3.8, 4) is 0 Å². The van der Waals surface area contributed by atoms with E-state index in [1.807, 2.05) is 0 Å². The number of esters is 4. The van der Waals surface area contributed by atoms with E-state index in [9.17, 15) is 43.2 Å². The first-order valence-corrected chi connectivity index (χ1v) is 39.2. The van der Waals surface area contributed by atoms with Crippen molar-refractivity contribution in [1.29, 1.82) is 0 Å². The van der Waals surface area contributed by atoms with Crippen molar-refractivity contribution in [2.45, 2.75) is 349 Å². The zero-order valence-corrected chi connectivity index (χ0v) is 59.9. The number of phosphoric acid groups is 2. The Balaban J connectivity index is 5.27. The maximum Gasteiger partial charge on any atom is 0.472 e. The van der Waals surface area contributed by atoms with Crippen LogP contribution in [0.4, 0.5) is 0 Å². The molecule has 0 aliphatic rings. The average Bonchev–Trinajstić information content (AvgIpc) is 3.27. The number of carbonyl (C=O) groups is 4. The van der Waals surface area contributed by atoms with Gasteiger partial charge in [-0.2, -0.15) is 0 Å². The highest BCUT2D eigenvalue weighted by Gasteiger charge is 2.30. The van der Waals surface area contributed by atoms with Crippen LogP contribution in [0.25, 0.3) is 0 Å². The van der Waals surface area contributed by atoms with E-state index in [4.69, 9.17) is 37.0 Å². The molecule has 0 saturated heterocycles. The molecule has 0 spiro atoms. The van der Waals surface area contributed by atoms with Crippen LogP contribution in [0.2, 0.25) is 0 Å². The summed E-state index contributed by atoms with van der Waals surface area (Å²) in [7, 11) is -9.91. The van der Waals surface area contributed by atoms with Crippen LogP contribution in [-0.4, -0.2) is 96.7 Å². The van der Waals surface area contributed by atoms with Crippen LogP contribution in [0, 0.1) is 17.8 Å². The zero-order valence-electron chi connectivity index (χ0n) is 58.1. The molecule has 19 heteroatoms. The van der Waals surface area contributed by atoms with Crippen molar-refractivity contribution < 1.29 is 80.2 Å². The third-order valence-electron chi connectivity index (χ3n) is 16.1. The molecule has 0 amide bonds. The first-order chi connectivity index (χ1) is 43.3. The van der Waals surface area contributed by atoms with Gasteiger partial charge in [0.1, 0.15) is 19.3 Å². The van der Waals surface area contributed by atoms with Gasteiger partial charge in [0.2, 0.25) is 0 Å². The fourth-order valence-corrected chi connectivity index (χ4v) is 11.7. The van der Waals surface area contributed by atoms with Crippen LogP contribution in [-0.2, 0) is 65.4 Å². The Morgan fingerprint density at radius 1 is 0.367 bits per heavy atom. The maximum atomic E-state index is 13.0. The lowest BCUT2D eigenvalue weighted by molar-refractivity contribution is -0.161. The molecule has 0 bridgehead atoms. The van der Waals surface area contributed by atoms with E-state index in [0.717, 1.165) is 127 Å². The molecule has 3 N–H and O–H groups in total. The quantitative estimate of drug-likeness (QED) is 0.0169. The van der Waals surface area contributed by atoms with E-state index in [1.54, 1.807) is 0 Å². The Hall–Kier alpha value is -2.46.